The van der Waals surface area contributed by atoms with Crippen molar-refractivity contribution in [2.75, 3.05) is 6.61 Å². The lowest BCUT2D eigenvalue weighted by Crippen LogP contribution is -2.28. The number of hydrogen-bond acceptors (Lipinski definition) is 2. The summed E-state index contributed by atoms with van der Waals surface area (Å²) in [6, 6.07) is 10.2. The van der Waals surface area contributed by atoms with Crippen LogP contribution in [0.25, 0.3) is 0 Å². The predicted molar refractivity (Wildman–Crippen MR) is 66.4 cm³/mol. The molecule has 0 unspecified atom stereocenters. The Morgan fingerprint density at radius 3 is 2.31 bits per heavy atom. The van der Waals surface area contributed by atoms with Gasteiger partial charge in [-0.1, -0.05) is 30.3 Å². The van der Waals surface area contributed by atoms with E-state index in [2.05, 4.69) is 32.9 Å². The highest BCUT2D eigenvalue weighted by molar-refractivity contribution is 5.13. The highest BCUT2D eigenvalue weighted by Crippen LogP contribution is 2.11. The molecule has 0 radical (unpaired) electrons. The third kappa shape index (κ3) is 5.89. The van der Waals surface area contributed by atoms with Crippen molar-refractivity contribution in [2.45, 2.75) is 46.0 Å². The van der Waals surface area contributed by atoms with Crippen molar-refractivity contribution in [1.82, 2.24) is 0 Å². The van der Waals surface area contributed by atoms with Crippen LogP contribution in [0.3, 0.4) is 0 Å². The summed E-state index contributed by atoms with van der Waals surface area (Å²) in [6.45, 7) is 9.49. The van der Waals surface area contributed by atoms with Crippen molar-refractivity contribution in [3.8, 4) is 0 Å². The van der Waals surface area contributed by atoms with Crippen LogP contribution in [-0.2, 0) is 16.1 Å². The molecule has 1 aromatic carbocycles. The van der Waals surface area contributed by atoms with Gasteiger partial charge in [-0.2, -0.15) is 0 Å². The van der Waals surface area contributed by atoms with Gasteiger partial charge in [-0.25, -0.2) is 0 Å². The van der Waals surface area contributed by atoms with Crippen LogP contribution in [0.1, 0.15) is 33.3 Å². The molecule has 1 rings (SSSR count). The van der Waals surface area contributed by atoms with Crippen molar-refractivity contribution < 1.29 is 9.47 Å². The molecule has 0 saturated carbocycles. The fourth-order valence-corrected chi connectivity index (χ4v) is 1.55. The zero-order valence-corrected chi connectivity index (χ0v) is 10.7. The second kappa shape index (κ2) is 6.02. The summed E-state index contributed by atoms with van der Waals surface area (Å²) < 4.78 is 11.4. The Kier molecular flexibility index (Phi) is 4.97. The molecule has 1 atom stereocenters. The normalized spacial score (nSPS) is 13.8. The number of hydrogen-bond donors (Lipinski definition) is 0. The number of benzene rings is 1. The molecule has 0 spiro atoms. The molecular weight excluding hydrogens is 200 g/mol. The van der Waals surface area contributed by atoms with Crippen molar-refractivity contribution in [2.24, 2.45) is 0 Å². The van der Waals surface area contributed by atoms with Crippen molar-refractivity contribution in [3.05, 3.63) is 35.9 Å². The van der Waals surface area contributed by atoms with E-state index in [1.54, 1.807) is 0 Å². The van der Waals surface area contributed by atoms with Gasteiger partial charge in [-0.05, 0) is 33.3 Å². The van der Waals surface area contributed by atoms with Crippen LogP contribution >= 0.6 is 0 Å². The maximum Gasteiger partial charge on any atom is 0.0787 e. The van der Waals surface area contributed by atoms with Crippen LogP contribution in [0.15, 0.2) is 30.3 Å². The molecule has 2 heteroatoms. The molecule has 1 aromatic rings. The molecule has 16 heavy (non-hydrogen) atoms. The molecule has 0 fully saturated rings. The van der Waals surface area contributed by atoms with Crippen LogP contribution in [0.4, 0.5) is 0 Å². The second-order valence-corrected chi connectivity index (χ2v) is 5.04. The van der Waals surface area contributed by atoms with Gasteiger partial charge in [0.15, 0.2) is 0 Å². The van der Waals surface area contributed by atoms with Crippen LogP contribution in [-0.4, -0.2) is 18.3 Å². The summed E-state index contributed by atoms with van der Waals surface area (Å²) in [4.78, 5) is 0. The second-order valence-electron chi connectivity index (χ2n) is 5.04. The van der Waals surface area contributed by atoms with Gasteiger partial charge in [0.2, 0.25) is 0 Å². The first-order valence-electron chi connectivity index (χ1n) is 5.77. The topological polar surface area (TPSA) is 18.5 Å². The lowest BCUT2D eigenvalue weighted by molar-refractivity contribution is -0.0864. The third-order valence-electron chi connectivity index (χ3n) is 2.02. The Hall–Kier alpha value is -0.860. The maximum absolute atomic E-state index is 5.75. The summed E-state index contributed by atoms with van der Waals surface area (Å²) >= 11 is 0. The van der Waals surface area contributed by atoms with E-state index in [1.165, 1.54) is 5.56 Å². The van der Waals surface area contributed by atoms with E-state index in [1.807, 2.05) is 25.1 Å². The van der Waals surface area contributed by atoms with Gasteiger partial charge >= 0.3 is 0 Å². The van der Waals surface area contributed by atoms with Gasteiger partial charge in [0.1, 0.15) is 0 Å². The first-order valence-corrected chi connectivity index (χ1v) is 5.77. The van der Waals surface area contributed by atoms with Gasteiger partial charge in [0.25, 0.3) is 0 Å². The molecule has 0 heterocycles. The lowest BCUT2D eigenvalue weighted by Gasteiger charge is -2.24. The van der Waals surface area contributed by atoms with Gasteiger partial charge in [0, 0.05) is 0 Å². The highest BCUT2D eigenvalue weighted by Gasteiger charge is 2.14. The minimum atomic E-state index is -0.102. The van der Waals surface area contributed by atoms with Crippen molar-refractivity contribution in [3.63, 3.8) is 0 Å². The fourth-order valence-electron chi connectivity index (χ4n) is 1.55. The average Bonchev–Trinajstić information content (AvgIpc) is 2.16. The molecule has 0 N–H and O–H groups in total. The summed E-state index contributed by atoms with van der Waals surface area (Å²) in [7, 11) is 0. The summed E-state index contributed by atoms with van der Waals surface area (Å²) in [5.74, 6) is 0. The number of ether oxygens (including phenoxy) is 2. The van der Waals surface area contributed by atoms with E-state index in [0.717, 1.165) is 0 Å². The summed E-state index contributed by atoms with van der Waals surface area (Å²) in [5.41, 5.74) is 1.10. The van der Waals surface area contributed by atoms with Crippen molar-refractivity contribution in [1.29, 1.82) is 0 Å². The third-order valence-corrected chi connectivity index (χ3v) is 2.02. The largest absolute Gasteiger partial charge is 0.374 e. The molecule has 0 aromatic heterocycles. The predicted octanol–water partition coefficient (Wildman–Crippen LogP) is 3.41. The summed E-state index contributed by atoms with van der Waals surface area (Å²) in [5, 5.41) is 0. The molecule has 0 saturated heterocycles. The fraction of sp³-hybridized carbons (Fsp3) is 0.571. The van der Waals surface area contributed by atoms with E-state index in [-0.39, 0.29) is 11.7 Å². The first-order chi connectivity index (χ1) is 7.47. The maximum atomic E-state index is 5.75. The van der Waals surface area contributed by atoms with E-state index in [9.17, 15) is 0 Å². The molecule has 0 bridgehead atoms. The quantitative estimate of drug-likeness (QED) is 0.760. The lowest BCUT2D eigenvalue weighted by atomic mass is 10.2. The van der Waals surface area contributed by atoms with Crippen LogP contribution < -0.4 is 0 Å². The Labute approximate surface area is 98.6 Å². The van der Waals surface area contributed by atoms with Crippen molar-refractivity contribution >= 4 is 0 Å². The van der Waals surface area contributed by atoms with Gasteiger partial charge in [0.05, 0.1) is 24.9 Å². The Morgan fingerprint density at radius 2 is 1.75 bits per heavy atom. The molecule has 0 aliphatic heterocycles. The van der Waals surface area contributed by atoms with Crippen LogP contribution in [0.2, 0.25) is 0 Å². The van der Waals surface area contributed by atoms with E-state index in [0.29, 0.717) is 13.2 Å². The van der Waals surface area contributed by atoms with E-state index in [4.69, 9.17) is 9.47 Å². The first kappa shape index (κ1) is 13.2. The average molecular weight is 222 g/mol. The van der Waals surface area contributed by atoms with Gasteiger partial charge in [-0.15, -0.1) is 0 Å². The van der Waals surface area contributed by atoms with Crippen LogP contribution in [0, 0.1) is 0 Å². The molecule has 0 aliphatic carbocycles. The van der Waals surface area contributed by atoms with E-state index >= 15 is 0 Å². The smallest absolute Gasteiger partial charge is 0.0787 e. The zero-order valence-electron chi connectivity index (χ0n) is 10.7. The SMILES string of the molecule is C[C@H](COCc1ccccc1)OC(C)(C)C. The van der Waals surface area contributed by atoms with Gasteiger partial charge in [-0.3, -0.25) is 0 Å². The Balaban J connectivity index is 2.21. The van der Waals surface area contributed by atoms with Gasteiger partial charge < -0.3 is 9.47 Å². The Bertz CT molecular complexity index is 287. The highest BCUT2D eigenvalue weighted by atomic mass is 16.5. The molecule has 0 aliphatic rings. The molecular formula is C14H22O2. The monoisotopic (exact) mass is 222 g/mol. The number of rotatable bonds is 5. The zero-order chi connectivity index (χ0) is 12.0. The molecule has 0 amide bonds. The minimum absolute atomic E-state index is 0.102. The standard InChI is InChI=1S/C14H22O2/c1-12(16-14(2,3)4)10-15-11-13-8-6-5-7-9-13/h5-9,12H,10-11H2,1-4H3/t12-/m1/s1. The summed E-state index contributed by atoms with van der Waals surface area (Å²) in [6.07, 6.45) is 0.128. The minimum Gasteiger partial charge on any atom is -0.374 e. The molecule has 2 nitrogen and oxygen atoms in total. The molecule has 90 valence electrons. The van der Waals surface area contributed by atoms with Crippen LogP contribution in [0.5, 0.6) is 0 Å². The van der Waals surface area contributed by atoms with E-state index < -0.39 is 0 Å². The Morgan fingerprint density at radius 1 is 1.12 bits per heavy atom.